The van der Waals surface area contributed by atoms with E-state index in [0.29, 0.717) is 47.6 Å². The summed E-state index contributed by atoms with van der Waals surface area (Å²) < 4.78 is 5.34. The molecule has 2 amide bonds. The number of amides is 2. The van der Waals surface area contributed by atoms with Gasteiger partial charge in [-0.1, -0.05) is 48.5 Å². The van der Waals surface area contributed by atoms with Crippen LogP contribution in [0.2, 0.25) is 0 Å². The number of thioether (sulfide) groups is 1. The highest BCUT2D eigenvalue weighted by Crippen LogP contribution is 2.34. The van der Waals surface area contributed by atoms with Gasteiger partial charge in [-0.15, -0.1) is 0 Å². The van der Waals surface area contributed by atoms with E-state index in [1.165, 1.54) is 11.8 Å². The molecule has 2 heterocycles. The first-order valence-corrected chi connectivity index (χ1v) is 11.6. The standard InChI is InChI=1S/C26H23N3O3S/c1-28-25(31)23(17-19-8-4-7-18-6-2-3-11-22(18)19)33-26(28)27-21-10-5-9-20(16-21)24(30)29-12-14-32-15-13-29/h2-11,16-17H,12-15H2,1H3/b23-17+,27-26?. The fourth-order valence-corrected chi connectivity index (χ4v) is 4.91. The average Bonchev–Trinajstić information content (AvgIpc) is 3.12. The van der Waals surface area contributed by atoms with Crippen LogP contribution in [0.1, 0.15) is 15.9 Å². The lowest BCUT2D eigenvalue weighted by molar-refractivity contribution is -0.121. The minimum Gasteiger partial charge on any atom is -0.378 e. The van der Waals surface area contributed by atoms with Crippen LogP contribution >= 0.6 is 11.8 Å². The number of carbonyl (C=O) groups excluding carboxylic acids is 2. The zero-order valence-corrected chi connectivity index (χ0v) is 19.0. The lowest BCUT2D eigenvalue weighted by Gasteiger charge is -2.26. The number of fused-ring (bicyclic) bond motifs is 1. The number of likely N-dealkylation sites (N-methyl/N-ethyl adjacent to an activating group) is 1. The highest BCUT2D eigenvalue weighted by atomic mass is 32.2. The first kappa shape index (κ1) is 21.4. The molecule has 2 aliphatic heterocycles. The molecule has 0 radical (unpaired) electrons. The molecule has 0 unspecified atom stereocenters. The molecule has 166 valence electrons. The Bertz CT molecular complexity index is 1290. The van der Waals surface area contributed by atoms with Crippen molar-refractivity contribution in [3.8, 4) is 0 Å². The summed E-state index contributed by atoms with van der Waals surface area (Å²) in [6.07, 6.45) is 1.92. The molecule has 0 aliphatic carbocycles. The van der Waals surface area contributed by atoms with Gasteiger partial charge in [-0.05, 0) is 52.4 Å². The van der Waals surface area contributed by atoms with E-state index < -0.39 is 0 Å². The molecule has 0 spiro atoms. The van der Waals surface area contributed by atoms with Crippen LogP contribution in [-0.2, 0) is 9.53 Å². The molecular weight excluding hydrogens is 434 g/mol. The molecule has 2 fully saturated rings. The summed E-state index contributed by atoms with van der Waals surface area (Å²) in [5.41, 5.74) is 2.22. The van der Waals surface area contributed by atoms with Gasteiger partial charge in [0.15, 0.2) is 5.17 Å². The predicted molar refractivity (Wildman–Crippen MR) is 133 cm³/mol. The van der Waals surface area contributed by atoms with Crippen LogP contribution in [0.15, 0.2) is 76.6 Å². The summed E-state index contributed by atoms with van der Waals surface area (Å²) in [7, 11) is 1.72. The van der Waals surface area contributed by atoms with Crippen molar-refractivity contribution in [3.63, 3.8) is 0 Å². The highest BCUT2D eigenvalue weighted by molar-refractivity contribution is 8.18. The second-order valence-corrected chi connectivity index (χ2v) is 8.90. The third-order valence-corrected chi connectivity index (χ3v) is 6.79. The number of rotatable bonds is 3. The van der Waals surface area contributed by atoms with E-state index in [4.69, 9.17) is 4.74 Å². The number of benzene rings is 3. The number of carbonyl (C=O) groups is 2. The normalized spacial score (nSPS) is 19.1. The first-order chi connectivity index (χ1) is 16.1. The molecule has 5 rings (SSSR count). The maximum atomic E-state index is 12.9. The van der Waals surface area contributed by atoms with E-state index in [1.54, 1.807) is 29.0 Å². The molecule has 7 heteroatoms. The van der Waals surface area contributed by atoms with Crippen LogP contribution in [0.25, 0.3) is 16.8 Å². The summed E-state index contributed by atoms with van der Waals surface area (Å²) in [4.78, 5) is 34.4. The lowest BCUT2D eigenvalue weighted by atomic mass is 10.0. The van der Waals surface area contributed by atoms with Crippen LogP contribution in [0.5, 0.6) is 0 Å². The minimum absolute atomic E-state index is 0.0274. The molecule has 0 atom stereocenters. The predicted octanol–water partition coefficient (Wildman–Crippen LogP) is 4.55. The van der Waals surface area contributed by atoms with Gasteiger partial charge >= 0.3 is 0 Å². The van der Waals surface area contributed by atoms with Gasteiger partial charge in [-0.3, -0.25) is 14.5 Å². The molecule has 2 aliphatic rings. The van der Waals surface area contributed by atoms with Crippen molar-refractivity contribution in [2.24, 2.45) is 4.99 Å². The zero-order chi connectivity index (χ0) is 22.8. The first-order valence-electron chi connectivity index (χ1n) is 10.8. The van der Waals surface area contributed by atoms with Gasteiger partial charge < -0.3 is 9.64 Å². The third kappa shape index (κ3) is 4.42. The molecule has 0 bridgehead atoms. The van der Waals surface area contributed by atoms with Gasteiger partial charge in [0.1, 0.15) is 0 Å². The van der Waals surface area contributed by atoms with Gasteiger partial charge in [0.2, 0.25) is 0 Å². The number of nitrogens with zero attached hydrogens (tertiary/aromatic N) is 3. The Labute approximate surface area is 196 Å². The molecule has 3 aromatic rings. The van der Waals surface area contributed by atoms with Crippen molar-refractivity contribution in [2.45, 2.75) is 0 Å². The van der Waals surface area contributed by atoms with Gasteiger partial charge in [0, 0.05) is 25.7 Å². The maximum absolute atomic E-state index is 12.9. The fourth-order valence-electron chi connectivity index (χ4n) is 3.94. The number of morpholine rings is 1. The van der Waals surface area contributed by atoms with Crippen LogP contribution in [-0.4, -0.2) is 60.1 Å². The molecule has 0 aromatic heterocycles. The number of hydrogen-bond donors (Lipinski definition) is 0. The van der Waals surface area contributed by atoms with Gasteiger partial charge in [-0.2, -0.15) is 0 Å². The van der Waals surface area contributed by atoms with E-state index in [0.717, 1.165) is 16.3 Å². The lowest BCUT2D eigenvalue weighted by Crippen LogP contribution is -2.40. The average molecular weight is 458 g/mol. The molecule has 6 nitrogen and oxygen atoms in total. The van der Waals surface area contributed by atoms with E-state index in [1.807, 2.05) is 42.5 Å². The summed E-state index contributed by atoms with van der Waals surface area (Å²) in [5.74, 6) is -0.118. The monoisotopic (exact) mass is 457 g/mol. The summed E-state index contributed by atoms with van der Waals surface area (Å²) in [5, 5.41) is 2.82. The van der Waals surface area contributed by atoms with Crippen LogP contribution in [0.4, 0.5) is 5.69 Å². The Balaban J connectivity index is 1.41. The molecular formula is C26H23N3O3S. The smallest absolute Gasteiger partial charge is 0.266 e. The minimum atomic E-state index is -0.0905. The van der Waals surface area contributed by atoms with Crippen molar-refractivity contribution >= 4 is 51.3 Å². The maximum Gasteiger partial charge on any atom is 0.266 e. The number of hydrogen-bond acceptors (Lipinski definition) is 5. The molecule has 0 saturated carbocycles. The fraction of sp³-hybridized carbons (Fsp3) is 0.192. The second kappa shape index (κ2) is 9.21. The number of ether oxygens (including phenoxy) is 1. The quantitative estimate of drug-likeness (QED) is 0.542. The molecule has 0 N–H and O–H groups in total. The molecule has 2 saturated heterocycles. The van der Waals surface area contributed by atoms with Gasteiger partial charge in [0.25, 0.3) is 11.8 Å². The zero-order valence-electron chi connectivity index (χ0n) is 18.2. The summed E-state index contributed by atoms with van der Waals surface area (Å²) >= 11 is 1.34. The molecule has 3 aromatic carbocycles. The summed E-state index contributed by atoms with van der Waals surface area (Å²) in [6.45, 7) is 2.30. The Morgan fingerprint density at radius 2 is 1.79 bits per heavy atom. The van der Waals surface area contributed by atoms with E-state index in [2.05, 4.69) is 23.2 Å². The Morgan fingerprint density at radius 1 is 1.03 bits per heavy atom. The highest BCUT2D eigenvalue weighted by Gasteiger charge is 2.30. The number of aliphatic imine (C=N–C) groups is 1. The van der Waals surface area contributed by atoms with Crippen molar-refractivity contribution < 1.29 is 14.3 Å². The molecule has 33 heavy (non-hydrogen) atoms. The Hall–Kier alpha value is -3.42. The van der Waals surface area contributed by atoms with Crippen LogP contribution in [0, 0.1) is 0 Å². The van der Waals surface area contributed by atoms with Crippen molar-refractivity contribution in [1.82, 2.24) is 9.80 Å². The topological polar surface area (TPSA) is 62.2 Å². The van der Waals surface area contributed by atoms with Crippen molar-refractivity contribution in [2.75, 3.05) is 33.4 Å². The third-order valence-electron chi connectivity index (χ3n) is 5.73. The Kier molecular flexibility index (Phi) is 5.98. The largest absolute Gasteiger partial charge is 0.378 e. The second-order valence-electron chi connectivity index (χ2n) is 7.89. The van der Waals surface area contributed by atoms with Gasteiger partial charge in [0.05, 0.1) is 23.8 Å². The van der Waals surface area contributed by atoms with E-state index in [-0.39, 0.29) is 11.8 Å². The van der Waals surface area contributed by atoms with Gasteiger partial charge in [-0.25, -0.2) is 4.99 Å². The van der Waals surface area contributed by atoms with Crippen molar-refractivity contribution in [3.05, 3.63) is 82.8 Å². The van der Waals surface area contributed by atoms with E-state index in [9.17, 15) is 9.59 Å². The Morgan fingerprint density at radius 3 is 2.64 bits per heavy atom. The SMILES string of the molecule is CN1C(=O)/C(=C\c2cccc3ccccc23)SC1=Nc1cccc(C(=O)N2CCOCC2)c1. The van der Waals surface area contributed by atoms with Crippen molar-refractivity contribution in [1.29, 1.82) is 0 Å². The number of amidine groups is 1. The summed E-state index contributed by atoms with van der Waals surface area (Å²) in [6, 6.07) is 21.4. The van der Waals surface area contributed by atoms with Crippen LogP contribution in [0.3, 0.4) is 0 Å². The van der Waals surface area contributed by atoms with Crippen LogP contribution < -0.4 is 0 Å². The van der Waals surface area contributed by atoms with E-state index >= 15 is 0 Å².